The molecule has 1 aliphatic rings. The predicted molar refractivity (Wildman–Crippen MR) is 100 cm³/mol. The molecule has 1 fully saturated rings. The lowest BCUT2D eigenvalue weighted by Crippen LogP contribution is -2.37. The molecule has 0 aromatic carbocycles. The minimum absolute atomic E-state index is 0.0538. The van der Waals surface area contributed by atoms with Crippen molar-refractivity contribution in [1.29, 1.82) is 0 Å². The van der Waals surface area contributed by atoms with Crippen molar-refractivity contribution < 1.29 is 4.79 Å². The van der Waals surface area contributed by atoms with Crippen molar-refractivity contribution in [3.05, 3.63) is 52.9 Å². The third-order valence-corrected chi connectivity index (χ3v) is 5.29. The first-order valence-corrected chi connectivity index (χ1v) is 9.28. The number of carbonyl (C=O) groups excluding carboxylic acids is 1. The Hall–Kier alpha value is -2.87. The van der Waals surface area contributed by atoms with Crippen molar-refractivity contribution in [2.45, 2.75) is 19.4 Å². The highest BCUT2D eigenvalue weighted by molar-refractivity contribution is 7.11. The summed E-state index contributed by atoms with van der Waals surface area (Å²) in [5.41, 5.74) is 4.27. The second-order valence-corrected chi connectivity index (χ2v) is 7.01. The maximum atomic E-state index is 12.4. The van der Waals surface area contributed by atoms with Crippen LogP contribution in [0.25, 0.3) is 11.3 Å². The van der Waals surface area contributed by atoms with E-state index < -0.39 is 0 Å². The molecule has 1 amide bonds. The van der Waals surface area contributed by atoms with E-state index in [4.69, 9.17) is 0 Å². The van der Waals surface area contributed by atoms with Crippen molar-refractivity contribution in [1.82, 2.24) is 25.3 Å². The van der Waals surface area contributed by atoms with Gasteiger partial charge in [-0.3, -0.25) is 9.78 Å². The number of anilines is 1. The van der Waals surface area contributed by atoms with Crippen LogP contribution in [0.15, 0.2) is 42.3 Å². The Kier molecular flexibility index (Phi) is 4.57. The normalized spacial score (nSPS) is 16.7. The van der Waals surface area contributed by atoms with E-state index in [1.807, 2.05) is 25.1 Å². The molecule has 1 N–H and O–H groups in total. The minimum atomic E-state index is -0.0538. The van der Waals surface area contributed by atoms with Crippen LogP contribution in [0.5, 0.6) is 0 Å². The van der Waals surface area contributed by atoms with Crippen LogP contribution in [0.4, 0.5) is 5.95 Å². The maximum absolute atomic E-state index is 12.4. The van der Waals surface area contributed by atoms with Gasteiger partial charge in [-0.25, -0.2) is 15.0 Å². The van der Waals surface area contributed by atoms with Crippen LogP contribution >= 0.6 is 11.3 Å². The Labute approximate surface area is 155 Å². The number of aryl methyl sites for hydroxylation is 1. The van der Waals surface area contributed by atoms with Gasteiger partial charge in [0.1, 0.15) is 4.88 Å². The zero-order valence-electron chi connectivity index (χ0n) is 14.3. The van der Waals surface area contributed by atoms with Gasteiger partial charge < -0.3 is 10.2 Å². The molecule has 4 heterocycles. The Morgan fingerprint density at radius 1 is 1.31 bits per heavy atom. The highest BCUT2D eigenvalue weighted by Gasteiger charge is 2.27. The minimum Gasteiger partial charge on any atom is -0.347 e. The molecule has 1 atom stereocenters. The van der Waals surface area contributed by atoms with Crippen molar-refractivity contribution >= 4 is 23.2 Å². The fourth-order valence-corrected chi connectivity index (χ4v) is 3.71. The Bertz CT molecular complexity index is 913. The highest BCUT2D eigenvalue weighted by Crippen LogP contribution is 2.21. The second-order valence-electron chi connectivity index (χ2n) is 6.16. The molecule has 26 heavy (non-hydrogen) atoms. The highest BCUT2D eigenvalue weighted by atomic mass is 32.1. The molecular weight excluding hydrogens is 348 g/mol. The molecule has 0 aliphatic carbocycles. The molecule has 1 aliphatic heterocycles. The number of hydrogen-bond donors (Lipinski definition) is 1. The van der Waals surface area contributed by atoms with E-state index in [-0.39, 0.29) is 11.9 Å². The van der Waals surface area contributed by atoms with Crippen molar-refractivity contribution in [3.63, 3.8) is 0 Å². The van der Waals surface area contributed by atoms with Crippen molar-refractivity contribution in [2.75, 3.05) is 18.0 Å². The zero-order valence-corrected chi connectivity index (χ0v) is 15.1. The fraction of sp³-hybridized carbons (Fsp3) is 0.278. The number of rotatable bonds is 4. The van der Waals surface area contributed by atoms with E-state index in [9.17, 15) is 4.79 Å². The van der Waals surface area contributed by atoms with Crippen LogP contribution in [0.1, 0.15) is 21.8 Å². The molecule has 1 saturated heterocycles. The smallest absolute Gasteiger partial charge is 0.263 e. The number of thiazole rings is 1. The number of hydrogen-bond acceptors (Lipinski definition) is 7. The Morgan fingerprint density at radius 3 is 3.00 bits per heavy atom. The molecule has 4 rings (SSSR count). The van der Waals surface area contributed by atoms with E-state index in [2.05, 4.69) is 30.2 Å². The van der Waals surface area contributed by atoms with Gasteiger partial charge in [0.15, 0.2) is 0 Å². The number of carbonyl (C=O) groups is 1. The summed E-state index contributed by atoms with van der Waals surface area (Å²) in [5, 5.41) is 3.09. The summed E-state index contributed by atoms with van der Waals surface area (Å²) >= 11 is 1.37. The van der Waals surface area contributed by atoms with Gasteiger partial charge in [-0.05, 0) is 31.5 Å². The third kappa shape index (κ3) is 3.41. The van der Waals surface area contributed by atoms with Gasteiger partial charge in [-0.2, -0.15) is 0 Å². The summed E-state index contributed by atoms with van der Waals surface area (Å²) in [4.78, 5) is 32.5. The molecule has 8 heteroatoms. The van der Waals surface area contributed by atoms with Crippen LogP contribution in [0.3, 0.4) is 0 Å². The standard InChI is InChI=1S/C18H18N6OS/c1-12-16(26-11-21-12)17(25)22-14-5-8-24(10-14)18-20-7-4-15(23-18)13-3-2-6-19-9-13/h2-4,6-7,9,11,14H,5,8,10H2,1H3,(H,22,25). The first-order chi connectivity index (χ1) is 12.7. The van der Waals surface area contributed by atoms with Crippen LogP contribution in [-0.2, 0) is 0 Å². The van der Waals surface area contributed by atoms with Gasteiger partial charge in [-0.15, -0.1) is 11.3 Å². The number of pyridine rings is 1. The first kappa shape index (κ1) is 16.6. The molecule has 3 aromatic heterocycles. The Balaban J connectivity index is 1.44. The summed E-state index contributed by atoms with van der Waals surface area (Å²) in [6.45, 7) is 3.35. The van der Waals surface area contributed by atoms with Gasteiger partial charge >= 0.3 is 0 Å². The number of aromatic nitrogens is 4. The summed E-state index contributed by atoms with van der Waals surface area (Å²) in [5.74, 6) is 0.624. The molecule has 1 unspecified atom stereocenters. The zero-order chi connectivity index (χ0) is 17.9. The summed E-state index contributed by atoms with van der Waals surface area (Å²) in [7, 11) is 0. The van der Waals surface area contributed by atoms with Gasteiger partial charge in [0.25, 0.3) is 5.91 Å². The molecule has 7 nitrogen and oxygen atoms in total. The molecule has 132 valence electrons. The lowest BCUT2D eigenvalue weighted by Gasteiger charge is -2.17. The van der Waals surface area contributed by atoms with Crippen molar-refractivity contribution in [3.8, 4) is 11.3 Å². The molecular formula is C18H18N6OS. The van der Waals surface area contributed by atoms with E-state index in [0.717, 1.165) is 29.9 Å². The van der Waals surface area contributed by atoms with Crippen LogP contribution in [0.2, 0.25) is 0 Å². The van der Waals surface area contributed by atoms with Crippen LogP contribution in [-0.4, -0.2) is 45.0 Å². The van der Waals surface area contributed by atoms with Gasteiger partial charge in [-0.1, -0.05) is 0 Å². The summed E-state index contributed by atoms with van der Waals surface area (Å²) < 4.78 is 0. The fourth-order valence-electron chi connectivity index (χ4n) is 3.01. The van der Waals surface area contributed by atoms with Crippen LogP contribution in [0, 0.1) is 6.92 Å². The average Bonchev–Trinajstić information content (AvgIpc) is 3.31. The second kappa shape index (κ2) is 7.17. The van der Waals surface area contributed by atoms with Gasteiger partial charge in [0.05, 0.1) is 16.9 Å². The number of amides is 1. The summed E-state index contributed by atoms with van der Waals surface area (Å²) in [6, 6.07) is 5.82. The average molecular weight is 366 g/mol. The molecule has 0 radical (unpaired) electrons. The molecule has 0 bridgehead atoms. The lowest BCUT2D eigenvalue weighted by molar-refractivity contribution is 0.0943. The monoisotopic (exact) mass is 366 g/mol. The van der Waals surface area contributed by atoms with E-state index >= 15 is 0 Å². The molecule has 0 spiro atoms. The number of nitrogens with zero attached hydrogens (tertiary/aromatic N) is 5. The van der Waals surface area contributed by atoms with E-state index in [0.29, 0.717) is 17.4 Å². The topological polar surface area (TPSA) is 83.9 Å². The largest absolute Gasteiger partial charge is 0.347 e. The van der Waals surface area contributed by atoms with E-state index in [1.165, 1.54) is 11.3 Å². The third-order valence-electron chi connectivity index (χ3n) is 4.36. The lowest BCUT2D eigenvalue weighted by atomic mass is 10.2. The van der Waals surface area contributed by atoms with Gasteiger partial charge in [0.2, 0.25) is 5.95 Å². The molecule has 3 aromatic rings. The first-order valence-electron chi connectivity index (χ1n) is 8.40. The van der Waals surface area contributed by atoms with Crippen LogP contribution < -0.4 is 10.2 Å². The number of nitrogens with one attached hydrogen (secondary N) is 1. The predicted octanol–water partition coefficient (Wildman–Crippen LogP) is 2.31. The quantitative estimate of drug-likeness (QED) is 0.763. The molecule has 0 saturated carbocycles. The van der Waals surface area contributed by atoms with Crippen molar-refractivity contribution in [2.24, 2.45) is 0 Å². The SMILES string of the molecule is Cc1ncsc1C(=O)NC1CCN(c2nccc(-c3cccnc3)n2)C1. The van der Waals surface area contributed by atoms with Gasteiger partial charge in [0, 0.05) is 43.3 Å². The van der Waals surface area contributed by atoms with E-state index in [1.54, 1.807) is 24.1 Å². The Morgan fingerprint density at radius 2 is 2.23 bits per heavy atom. The summed E-state index contributed by atoms with van der Waals surface area (Å²) in [6.07, 6.45) is 6.15. The maximum Gasteiger partial charge on any atom is 0.263 e.